The lowest BCUT2D eigenvalue weighted by atomic mass is 9.96. The number of carbonyl (C=O) groups is 5. The molecule has 0 unspecified atom stereocenters. The smallest absolute Gasteiger partial charge is 0.354 e. The van der Waals surface area contributed by atoms with Gasteiger partial charge in [-0.15, -0.1) is 0 Å². The molecule has 0 saturated carbocycles. The fourth-order valence-corrected chi connectivity index (χ4v) is 4.51. The molecule has 2 saturated heterocycles. The number of hydrogen-bond acceptors (Lipinski definition) is 6. The zero-order valence-electron chi connectivity index (χ0n) is 16.8. The third-order valence-corrected chi connectivity index (χ3v) is 5.85. The Kier molecular flexibility index (Phi) is 5.05. The number of likely N-dealkylation sites (tertiary alicyclic amines) is 1. The van der Waals surface area contributed by atoms with Crippen molar-refractivity contribution in [1.29, 1.82) is 0 Å². The van der Waals surface area contributed by atoms with Crippen LogP contribution >= 0.6 is 0 Å². The van der Waals surface area contributed by atoms with Gasteiger partial charge >= 0.3 is 5.97 Å². The van der Waals surface area contributed by atoms with Gasteiger partial charge in [-0.2, -0.15) is 0 Å². The molecular weight excluding hydrogens is 390 g/mol. The highest BCUT2D eigenvalue weighted by Gasteiger charge is 2.61. The minimum Gasteiger partial charge on any atom is -0.452 e. The van der Waals surface area contributed by atoms with Gasteiger partial charge in [0.2, 0.25) is 17.5 Å². The molecule has 2 fully saturated rings. The number of para-hydroxylation sites is 1. The maximum absolute atomic E-state index is 13.3. The second kappa shape index (κ2) is 7.55. The molecule has 0 aromatic heterocycles. The van der Waals surface area contributed by atoms with Gasteiger partial charge in [-0.05, 0) is 25.0 Å². The van der Waals surface area contributed by atoms with E-state index in [1.165, 1.54) is 9.80 Å². The van der Waals surface area contributed by atoms with Crippen LogP contribution in [0.3, 0.4) is 0 Å². The van der Waals surface area contributed by atoms with Crippen molar-refractivity contribution in [1.82, 2.24) is 9.80 Å². The summed E-state index contributed by atoms with van der Waals surface area (Å²) in [5.41, 5.74) is -0.896. The summed E-state index contributed by atoms with van der Waals surface area (Å²) in [5.74, 6) is -2.35. The van der Waals surface area contributed by atoms with E-state index < -0.39 is 24.1 Å². The first-order valence-electron chi connectivity index (χ1n) is 10.2. The number of fused-ring (bicyclic) bond motifs is 3. The maximum Gasteiger partial charge on any atom is 0.354 e. The highest BCUT2D eigenvalue weighted by atomic mass is 16.5. The minimum absolute atomic E-state index is 0.0789. The maximum atomic E-state index is 13.3. The van der Waals surface area contributed by atoms with Crippen LogP contribution in [0.15, 0.2) is 24.3 Å². The summed E-state index contributed by atoms with van der Waals surface area (Å²) >= 11 is 0. The quantitative estimate of drug-likeness (QED) is 0.669. The van der Waals surface area contributed by atoms with E-state index >= 15 is 0 Å². The number of benzene rings is 1. The molecule has 30 heavy (non-hydrogen) atoms. The molecule has 0 bridgehead atoms. The molecule has 3 heterocycles. The number of anilines is 1. The Morgan fingerprint density at radius 3 is 2.57 bits per heavy atom. The first kappa shape index (κ1) is 20.1. The molecule has 0 radical (unpaired) electrons. The molecule has 3 aliphatic rings. The standard InChI is InChI=1S/C21H23N3O6/c1-2-11-23-19(28)14-6-3-4-7-15(14)24-17(26)9-10-21(23,24)20(29)30-13-18(27)22-12-5-8-16(22)25/h3-4,6-7H,2,5,8-13H2,1H3/t21-/m1/s1. The first-order chi connectivity index (χ1) is 14.4. The third-order valence-electron chi connectivity index (χ3n) is 5.85. The van der Waals surface area contributed by atoms with Gasteiger partial charge < -0.3 is 9.64 Å². The van der Waals surface area contributed by atoms with Crippen molar-refractivity contribution >= 4 is 35.3 Å². The van der Waals surface area contributed by atoms with Crippen LogP contribution in [0.25, 0.3) is 0 Å². The molecule has 4 rings (SSSR count). The minimum atomic E-state index is -1.62. The van der Waals surface area contributed by atoms with Gasteiger partial charge in [0.1, 0.15) is 0 Å². The Morgan fingerprint density at radius 2 is 1.87 bits per heavy atom. The summed E-state index contributed by atoms with van der Waals surface area (Å²) in [6.45, 7) is 1.82. The van der Waals surface area contributed by atoms with Gasteiger partial charge in [-0.25, -0.2) is 4.79 Å². The summed E-state index contributed by atoms with van der Waals surface area (Å²) in [5, 5.41) is 0. The summed E-state index contributed by atoms with van der Waals surface area (Å²) in [7, 11) is 0. The van der Waals surface area contributed by atoms with E-state index in [1.807, 2.05) is 6.92 Å². The Bertz CT molecular complexity index is 944. The highest BCUT2D eigenvalue weighted by Crippen LogP contribution is 2.45. The Labute approximate surface area is 173 Å². The number of rotatable bonds is 5. The number of carbonyl (C=O) groups excluding carboxylic acids is 5. The SMILES string of the molecule is CCCN1C(=O)c2ccccc2N2C(=O)CC[C@@]12C(=O)OCC(=O)N1CCCC1=O. The third kappa shape index (κ3) is 2.88. The van der Waals surface area contributed by atoms with Gasteiger partial charge in [0.05, 0.1) is 11.3 Å². The van der Waals surface area contributed by atoms with Gasteiger partial charge in [-0.1, -0.05) is 19.1 Å². The van der Waals surface area contributed by atoms with Crippen LogP contribution in [0, 0.1) is 0 Å². The molecule has 1 aromatic carbocycles. The molecule has 1 aromatic rings. The van der Waals surface area contributed by atoms with E-state index in [-0.39, 0.29) is 37.1 Å². The van der Waals surface area contributed by atoms with Crippen LogP contribution in [-0.2, 0) is 23.9 Å². The Hall–Kier alpha value is -3.23. The number of imide groups is 1. The molecule has 158 valence electrons. The first-order valence-corrected chi connectivity index (χ1v) is 10.2. The van der Waals surface area contributed by atoms with Crippen LogP contribution in [0.5, 0.6) is 0 Å². The van der Waals surface area contributed by atoms with Crippen LogP contribution in [0.4, 0.5) is 5.69 Å². The average molecular weight is 413 g/mol. The lowest BCUT2D eigenvalue weighted by molar-refractivity contribution is -0.163. The number of hydrogen-bond donors (Lipinski definition) is 0. The van der Waals surface area contributed by atoms with E-state index in [0.29, 0.717) is 37.1 Å². The summed E-state index contributed by atoms with van der Waals surface area (Å²) in [6, 6.07) is 6.67. The van der Waals surface area contributed by atoms with E-state index in [9.17, 15) is 24.0 Å². The van der Waals surface area contributed by atoms with Crippen LogP contribution in [0.2, 0.25) is 0 Å². The van der Waals surface area contributed by atoms with Gasteiger partial charge in [0.15, 0.2) is 6.61 Å². The average Bonchev–Trinajstić information content (AvgIpc) is 3.33. The predicted molar refractivity (Wildman–Crippen MR) is 104 cm³/mol. The summed E-state index contributed by atoms with van der Waals surface area (Å²) in [6.07, 6.45) is 1.62. The topological polar surface area (TPSA) is 104 Å². The number of amides is 4. The second-order valence-corrected chi connectivity index (χ2v) is 7.64. The van der Waals surface area contributed by atoms with Crippen molar-refractivity contribution in [3.63, 3.8) is 0 Å². The van der Waals surface area contributed by atoms with Crippen molar-refractivity contribution < 1.29 is 28.7 Å². The van der Waals surface area contributed by atoms with Crippen molar-refractivity contribution in [2.45, 2.75) is 44.7 Å². The van der Waals surface area contributed by atoms with Crippen molar-refractivity contribution in [3.8, 4) is 0 Å². The van der Waals surface area contributed by atoms with Crippen LogP contribution in [0.1, 0.15) is 49.4 Å². The molecule has 9 heteroatoms. The van der Waals surface area contributed by atoms with Gasteiger partial charge in [0.25, 0.3) is 11.8 Å². The number of nitrogens with zero attached hydrogens (tertiary/aromatic N) is 3. The lowest BCUT2D eigenvalue weighted by Gasteiger charge is -2.48. The lowest BCUT2D eigenvalue weighted by Crippen LogP contribution is -2.68. The fourth-order valence-electron chi connectivity index (χ4n) is 4.51. The molecule has 4 amide bonds. The van der Waals surface area contributed by atoms with Gasteiger partial charge in [-0.3, -0.25) is 29.0 Å². The van der Waals surface area contributed by atoms with E-state index in [1.54, 1.807) is 24.3 Å². The normalized spacial score (nSPS) is 23.0. The number of ether oxygens (including phenoxy) is 1. The number of esters is 1. The summed E-state index contributed by atoms with van der Waals surface area (Å²) in [4.78, 5) is 67.2. The molecule has 0 aliphatic carbocycles. The summed E-state index contributed by atoms with van der Waals surface area (Å²) < 4.78 is 5.33. The zero-order chi connectivity index (χ0) is 21.5. The monoisotopic (exact) mass is 413 g/mol. The molecule has 1 atom stereocenters. The van der Waals surface area contributed by atoms with Crippen molar-refractivity contribution in [2.24, 2.45) is 0 Å². The van der Waals surface area contributed by atoms with E-state index in [0.717, 1.165) is 4.90 Å². The largest absolute Gasteiger partial charge is 0.452 e. The molecule has 9 nitrogen and oxygen atoms in total. The second-order valence-electron chi connectivity index (χ2n) is 7.64. The fraction of sp³-hybridized carbons (Fsp3) is 0.476. The molecule has 0 spiro atoms. The zero-order valence-corrected chi connectivity index (χ0v) is 16.8. The molecule has 0 N–H and O–H groups in total. The van der Waals surface area contributed by atoms with Crippen LogP contribution < -0.4 is 4.90 Å². The van der Waals surface area contributed by atoms with Crippen molar-refractivity contribution in [2.75, 3.05) is 24.6 Å². The molecular formula is C21H23N3O6. The Morgan fingerprint density at radius 1 is 1.10 bits per heavy atom. The van der Waals surface area contributed by atoms with E-state index in [2.05, 4.69) is 0 Å². The highest BCUT2D eigenvalue weighted by molar-refractivity contribution is 6.15. The van der Waals surface area contributed by atoms with Crippen molar-refractivity contribution in [3.05, 3.63) is 29.8 Å². The van der Waals surface area contributed by atoms with Crippen LogP contribution in [-0.4, -0.2) is 64.8 Å². The molecule has 3 aliphatic heterocycles. The predicted octanol–water partition coefficient (Wildman–Crippen LogP) is 1.07. The van der Waals surface area contributed by atoms with E-state index in [4.69, 9.17) is 4.74 Å². The Balaban J connectivity index is 1.67. The van der Waals surface area contributed by atoms with Gasteiger partial charge in [0, 0.05) is 32.4 Å².